The van der Waals surface area contributed by atoms with Gasteiger partial charge in [0.15, 0.2) is 0 Å². The van der Waals surface area contributed by atoms with Crippen LogP contribution in [0.5, 0.6) is 0 Å². The first-order valence-corrected chi connectivity index (χ1v) is 6.17. The first-order chi connectivity index (χ1) is 8.29. The van der Waals surface area contributed by atoms with Crippen molar-refractivity contribution in [3.05, 3.63) is 35.4 Å². The second kappa shape index (κ2) is 5.82. The molecule has 1 aliphatic heterocycles. The maximum atomic E-state index is 11.5. The summed E-state index contributed by atoms with van der Waals surface area (Å²) in [5.74, 6) is -0.254. The fourth-order valence-corrected chi connectivity index (χ4v) is 2.06. The lowest BCUT2D eigenvalue weighted by Gasteiger charge is -2.09. The third kappa shape index (κ3) is 3.30. The van der Waals surface area contributed by atoms with Crippen LogP contribution in [0.4, 0.5) is 0 Å². The Labute approximate surface area is 102 Å². The molecule has 1 aromatic carbocycles. The quantitative estimate of drug-likeness (QED) is 0.751. The molecule has 1 aromatic rings. The maximum Gasteiger partial charge on any atom is 0.338 e. The number of benzene rings is 1. The molecule has 0 aliphatic carbocycles. The number of rotatable bonds is 4. The predicted molar refractivity (Wildman–Crippen MR) is 65.1 cm³/mol. The van der Waals surface area contributed by atoms with Crippen molar-refractivity contribution in [2.24, 2.45) is 0 Å². The largest absolute Gasteiger partial charge is 0.462 e. The number of hydrogen-bond donors (Lipinski definition) is 0. The summed E-state index contributed by atoms with van der Waals surface area (Å²) >= 11 is 0. The van der Waals surface area contributed by atoms with Crippen LogP contribution in [0.1, 0.15) is 35.7 Å². The molecule has 1 saturated heterocycles. The molecule has 3 heteroatoms. The lowest BCUT2D eigenvalue weighted by atomic mass is 10.0. The van der Waals surface area contributed by atoms with Crippen molar-refractivity contribution in [1.29, 1.82) is 0 Å². The lowest BCUT2D eigenvalue weighted by Crippen LogP contribution is -2.09. The smallest absolute Gasteiger partial charge is 0.338 e. The van der Waals surface area contributed by atoms with Crippen molar-refractivity contribution in [3.8, 4) is 0 Å². The molecular formula is C14H18O3. The van der Waals surface area contributed by atoms with E-state index in [1.54, 1.807) is 0 Å². The van der Waals surface area contributed by atoms with Crippen LogP contribution >= 0.6 is 0 Å². The van der Waals surface area contributed by atoms with E-state index >= 15 is 0 Å². The second-order valence-electron chi connectivity index (χ2n) is 4.26. The van der Waals surface area contributed by atoms with Crippen LogP contribution in [-0.2, 0) is 15.9 Å². The minimum atomic E-state index is -0.254. The van der Waals surface area contributed by atoms with Crippen LogP contribution in [-0.4, -0.2) is 25.3 Å². The van der Waals surface area contributed by atoms with Crippen molar-refractivity contribution in [3.63, 3.8) is 0 Å². The summed E-state index contributed by atoms with van der Waals surface area (Å²) < 4.78 is 10.5. The zero-order chi connectivity index (χ0) is 12.1. The summed E-state index contributed by atoms with van der Waals surface area (Å²) in [7, 11) is 0. The average Bonchev–Trinajstić information content (AvgIpc) is 2.83. The normalized spacial score (nSPS) is 19.2. The van der Waals surface area contributed by atoms with E-state index in [1.165, 1.54) is 5.56 Å². The van der Waals surface area contributed by atoms with Crippen LogP contribution in [0, 0.1) is 0 Å². The molecule has 3 nitrogen and oxygen atoms in total. The van der Waals surface area contributed by atoms with Crippen molar-refractivity contribution >= 4 is 5.97 Å². The van der Waals surface area contributed by atoms with Gasteiger partial charge in [-0.3, -0.25) is 0 Å². The van der Waals surface area contributed by atoms with Crippen LogP contribution in [0.25, 0.3) is 0 Å². The van der Waals surface area contributed by atoms with E-state index in [-0.39, 0.29) is 5.97 Å². The summed E-state index contributed by atoms with van der Waals surface area (Å²) in [5.41, 5.74) is 1.83. The summed E-state index contributed by atoms with van der Waals surface area (Å²) in [6.45, 7) is 3.10. The van der Waals surface area contributed by atoms with E-state index < -0.39 is 0 Å². The minimum absolute atomic E-state index is 0.254. The van der Waals surface area contributed by atoms with Gasteiger partial charge in [0, 0.05) is 6.61 Å². The molecule has 1 heterocycles. The molecule has 1 unspecified atom stereocenters. The second-order valence-corrected chi connectivity index (χ2v) is 4.26. The van der Waals surface area contributed by atoms with Gasteiger partial charge in [-0.15, -0.1) is 0 Å². The summed E-state index contributed by atoms with van der Waals surface area (Å²) in [4.78, 5) is 11.5. The van der Waals surface area contributed by atoms with E-state index in [9.17, 15) is 4.79 Å². The van der Waals surface area contributed by atoms with Gasteiger partial charge in [-0.2, -0.15) is 0 Å². The average molecular weight is 234 g/mol. The number of hydrogen-bond acceptors (Lipinski definition) is 3. The van der Waals surface area contributed by atoms with Gasteiger partial charge in [0.2, 0.25) is 0 Å². The van der Waals surface area contributed by atoms with Gasteiger partial charge in [0.05, 0.1) is 18.3 Å². The molecule has 0 saturated carbocycles. The predicted octanol–water partition coefficient (Wildman–Crippen LogP) is 2.58. The van der Waals surface area contributed by atoms with Crippen LogP contribution in [0.3, 0.4) is 0 Å². The highest BCUT2D eigenvalue weighted by atomic mass is 16.5. The van der Waals surface area contributed by atoms with Gasteiger partial charge in [-0.25, -0.2) is 4.79 Å². The fourth-order valence-electron chi connectivity index (χ4n) is 2.06. The summed E-state index contributed by atoms with van der Waals surface area (Å²) in [6.07, 6.45) is 3.58. The molecular weight excluding hydrogens is 216 g/mol. The maximum absolute atomic E-state index is 11.5. The van der Waals surface area contributed by atoms with Gasteiger partial charge in [-0.1, -0.05) is 12.1 Å². The molecule has 0 aromatic heterocycles. The Hall–Kier alpha value is -1.35. The number of ether oxygens (including phenoxy) is 2. The zero-order valence-corrected chi connectivity index (χ0v) is 10.1. The first kappa shape index (κ1) is 12.1. The van der Waals surface area contributed by atoms with Gasteiger partial charge in [0.25, 0.3) is 0 Å². The molecule has 0 amide bonds. The standard InChI is InChI=1S/C14H18O3/c1-2-16-14(15)12-7-5-11(6-8-12)10-13-4-3-9-17-13/h5-8,13H,2-4,9-10H2,1H3. The van der Waals surface area contributed by atoms with E-state index in [1.807, 2.05) is 31.2 Å². The van der Waals surface area contributed by atoms with Crippen LogP contribution in [0.15, 0.2) is 24.3 Å². The number of esters is 1. The van der Waals surface area contributed by atoms with Crippen molar-refractivity contribution in [2.75, 3.05) is 13.2 Å². The topological polar surface area (TPSA) is 35.5 Å². The van der Waals surface area contributed by atoms with Gasteiger partial charge < -0.3 is 9.47 Å². The highest BCUT2D eigenvalue weighted by molar-refractivity contribution is 5.89. The monoisotopic (exact) mass is 234 g/mol. The molecule has 1 atom stereocenters. The zero-order valence-electron chi connectivity index (χ0n) is 10.1. The van der Waals surface area contributed by atoms with E-state index in [0.29, 0.717) is 18.3 Å². The number of carbonyl (C=O) groups excluding carboxylic acids is 1. The molecule has 0 radical (unpaired) electrons. The third-order valence-electron chi connectivity index (χ3n) is 2.95. The van der Waals surface area contributed by atoms with E-state index in [2.05, 4.69) is 0 Å². The minimum Gasteiger partial charge on any atom is -0.462 e. The highest BCUT2D eigenvalue weighted by Crippen LogP contribution is 2.17. The first-order valence-electron chi connectivity index (χ1n) is 6.17. The Morgan fingerprint density at radius 3 is 2.76 bits per heavy atom. The van der Waals surface area contributed by atoms with E-state index in [4.69, 9.17) is 9.47 Å². The van der Waals surface area contributed by atoms with E-state index in [0.717, 1.165) is 25.9 Å². The van der Waals surface area contributed by atoms with Crippen molar-refractivity contribution < 1.29 is 14.3 Å². The van der Waals surface area contributed by atoms with Crippen LogP contribution < -0.4 is 0 Å². The Kier molecular flexibility index (Phi) is 4.15. The Morgan fingerprint density at radius 1 is 1.41 bits per heavy atom. The molecule has 1 fully saturated rings. The lowest BCUT2D eigenvalue weighted by molar-refractivity contribution is 0.0526. The van der Waals surface area contributed by atoms with Gasteiger partial charge >= 0.3 is 5.97 Å². The molecule has 2 rings (SSSR count). The molecule has 17 heavy (non-hydrogen) atoms. The van der Waals surface area contributed by atoms with Gasteiger partial charge in [-0.05, 0) is 43.9 Å². The third-order valence-corrected chi connectivity index (χ3v) is 2.95. The van der Waals surface area contributed by atoms with Crippen LogP contribution in [0.2, 0.25) is 0 Å². The summed E-state index contributed by atoms with van der Waals surface area (Å²) in [5, 5.41) is 0. The SMILES string of the molecule is CCOC(=O)c1ccc(CC2CCCO2)cc1. The molecule has 92 valence electrons. The molecule has 0 spiro atoms. The summed E-state index contributed by atoms with van der Waals surface area (Å²) in [6, 6.07) is 7.60. The molecule has 0 bridgehead atoms. The van der Waals surface area contributed by atoms with Gasteiger partial charge in [0.1, 0.15) is 0 Å². The molecule has 0 N–H and O–H groups in total. The Morgan fingerprint density at radius 2 is 2.18 bits per heavy atom. The fraction of sp³-hybridized carbons (Fsp3) is 0.500. The van der Waals surface area contributed by atoms with Crippen molar-refractivity contribution in [2.45, 2.75) is 32.3 Å². The van der Waals surface area contributed by atoms with Crippen molar-refractivity contribution in [1.82, 2.24) is 0 Å². The molecule has 1 aliphatic rings. The highest BCUT2D eigenvalue weighted by Gasteiger charge is 2.16. The number of carbonyl (C=O) groups is 1. The Balaban J connectivity index is 1.94. The Bertz CT molecular complexity index is 364.